The van der Waals surface area contributed by atoms with Crippen LogP contribution in [0.2, 0.25) is 0 Å². The second kappa shape index (κ2) is 8.22. The second-order valence-electron chi connectivity index (χ2n) is 7.64. The van der Waals surface area contributed by atoms with Gasteiger partial charge in [0, 0.05) is 30.5 Å². The highest BCUT2D eigenvalue weighted by Crippen LogP contribution is 2.18. The number of hydrogen-bond donors (Lipinski definition) is 0. The number of Topliss-reactive ketones (excluding diaryl/α,β-unsaturated/α-hetero) is 1. The standard InChI is InChI=1S/C23H25N5O3/c1-15-11-19(16(2)28(15)10-9-17-5-7-18(31-4)8-6-17)21(29)13-27-14-24-22-20(23(27)30)12-25-26(22)3/h5-8,11-12,14H,9-10,13H2,1-4H3. The highest BCUT2D eigenvalue weighted by molar-refractivity contribution is 5.97. The van der Waals surface area contributed by atoms with Crippen molar-refractivity contribution in [2.24, 2.45) is 7.05 Å². The van der Waals surface area contributed by atoms with E-state index in [1.807, 2.05) is 44.2 Å². The van der Waals surface area contributed by atoms with E-state index in [0.717, 1.165) is 30.1 Å². The van der Waals surface area contributed by atoms with Crippen LogP contribution in [0.1, 0.15) is 27.3 Å². The first kappa shape index (κ1) is 20.6. The van der Waals surface area contributed by atoms with Crippen molar-refractivity contribution in [3.05, 3.63) is 75.7 Å². The molecule has 8 nitrogen and oxygen atoms in total. The van der Waals surface area contributed by atoms with Crippen LogP contribution >= 0.6 is 0 Å². The molecule has 0 aliphatic rings. The van der Waals surface area contributed by atoms with Crippen molar-refractivity contribution in [1.82, 2.24) is 23.9 Å². The Morgan fingerprint density at radius 2 is 1.90 bits per heavy atom. The van der Waals surface area contributed by atoms with Crippen molar-refractivity contribution < 1.29 is 9.53 Å². The van der Waals surface area contributed by atoms with Gasteiger partial charge in [0.2, 0.25) is 0 Å². The lowest BCUT2D eigenvalue weighted by Crippen LogP contribution is -2.24. The molecule has 0 bridgehead atoms. The number of methoxy groups -OCH3 is 1. The van der Waals surface area contributed by atoms with Crippen LogP contribution < -0.4 is 10.3 Å². The Morgan fingerprint density at radius 3 is 2.61 bits per heavy atom. The second-order valence-corrected chi connectivity index (χ2v) is 7.64. The van der Waals surface area contributed by atoms with E-state index in [1.165, 1.54) is 22.7 Å². The van der Waals surface area contributed by atoms with Gasteiger partial charge in [0.05, 0.1) is 19.9 Å². The zero-order valence-corrected chi connectivity index (χ0v) is 18.1. The first-order valence-electron chi connectivity index (χ1n) is 10.1. The lowest BCUT2D eigenvalue weighted by molar-refractivity contribution is 0.0970. The molecule has 0 amide bonds. The normalized spacial score (nSPS) is 11.2. The molecule has 0 fully saturated rings. The first-order chi connectivity index (χ1) is 14.9. The summed E-state index contributed by atoms with van der Waals surface area (Å²) in [6.07, 6.45) is 3.73. The van der Waals surface area contributed by atoms with Crippen LogP contribution in [0.4, 0.5) is 0 Å². The molecular formula is C23H25N5O3. The SMILES string of the molecule is COc1ccc(CCn2c(C)cc(C(=O)Cn3cnc4c(cnn4C)c3=O)c2C)cc1. The van der Waals surface area contributed by atoms with E-state index in [2.05, 4.69) is 14.6 Å². The Hall–Kier alpha value is -3.68. The lowest BCUT2D eigenvalue weighted by Gasteiger charge is -2.11. The number of nitrogens with zero attached hydrogens (tertiary/aromatic N) is 5. The van der Waals surface area contributed by atoms with E-state index in [1.54, 1.807) is 18.8 Å². The number of ether oxygens (including phenoxy) is 1. The molecule has 1 aromatic carbocycles. The summed E-state index contributed by atoms with van der Waals surface area (Å²) < 4.78 is 10.2. The van der Waals surface area contributed by atoms with E-state index >= 15 is 0 Å². The van der Waals surface area contributed by atoms with E-state index in [9.17, 15) is 9.59 Å². The van der Waals surface area contributed by atoms with Crippen molar-refractivity contribution in [3.8, 4) is 5.75 Å². The molecule has 0 unspecified atom stereocenters. The Kier molecular flexibility index (Phi) is 5.46. The molecule has 0 spiro atoms. The maximum atomic E-state index is 13.0. The summed E-state index contributed by atoms with van der Waals surface area (Å²) >= 11 is 0. The predicted molar refractivity (Wildman–Crippen MR) is 118 cm³/mol. The summed E-state index contributed by atoms with van der Waals surface area (Å²) in [5.41, 5.74) is 3.99. The molecular weight excluding hydrogens is 394 g/mol. The van der Waals surface area contributed by atoms with Crippen molar-refractivity contribution in [2.75, 3.05) is 7.11 Å². The molecule has 0 aliphatic heterocycles. The minimum Gasteiger partial charge on any atom is -0.497 e. The number of carbonyl (C=O) groups is 1. The maximum absolute atomic E-state index is 13.0. The fraction of sp³-hybridized carbons (Fsp3) is 0.304. The summed E-state index contributed by atoms with van der Waals surface area (Å²) in [7, 11) is 3.38. The minimum atomic E-state index is -0.264. The van der Waals surface area contributed by atoms with Crippen LogP contribution in [-0.4, -0.2) is 36.8 Å². The van der Waals surface area contributed by atoms with Crippen molar-refractivity contribution in [3.63, 3.8) is 0 Å². The average Bonchev–Trinajstić information content (AvgIpc) is 3.28. The van der Waals surface area contributed by atoms with Crippen molar-refractivity contribution in [2.45, 2.75) is 33.4 Å². The van der Waals surface area contributed by atoms with Gasteiger partial charge in [-0.2, -0.15) is 5.10 Å². The van der Waals surface area contributed by atoms with Crippen LogP contribution in [0.5, 0.6) is 5.75 Å². The van der Waals surface area contributed by atoms with Gasteiger partial charge in [-0.05, 0) is 44.0 Å². The van der Waals surface area contributed by atoms with Crippen molar-refractivity contribution in [1.29, 1.82) is 0 Å². The Bertz CT molecular complexity index is 1310. The minimum absolute atomic E-state index is 0.0561. The lowest BCUT2D eigenvalue weighted by atomic mass is 10.1. The summed E-state index contributed by atoms with van der Waals surface area (Å²) in [6, 6.07) is 9.89. The molecule has 4 aromatic rings. The van der Waals surface area contributed by atoms with Crippen LogP contribution in [0.15, 0.2) is 47.7 Å². The van der Waals surface area contributed by atoms with Crippen LogP contribution in [-0.2, 0) is 26.6 Å². The zero-order valence-electron chi connectivity index (χ0n) is 18.1. The highest BCUT2D eigenvalue weighted by Gasteiger charge is 2.18. The number of benzene rings is 1. The fourth-order valence-electron chi connectivity index (χ4n) is 3.88. The average molecular weight is 419 g/mol. The largest absolute Gasteiger partial charge is 0.497 e. The van der Waals surface area contributed by atoms with Gasteiger partial charge in [-0.1, -0.05) is 12.1 Å². The van der Waals surface area contributed by atoms with E-state index < -0.39 is 0 Å². The third kappa shape index (κ3) is 3.88. The zero-order chi connectivity index (χ0) is 22.1. The number of carbonyl (C=O) groups excluding carboxylic acids is 1. The number of rotatable bonds is 7. The van der Waals surface area contributed by atoms with Crippen LogP contribution in [0.3, 0.4) is 0 Å². The molecule has 0 N–H and O–H groups in total. The first-order valence-corrected chi connectivity index (χ1v) is 10.1. The monoisotopic (exact) mass is 419 g/mol. The van der Waals surface area contributed by atoms with E-state index in [0.29, 0.717) is 16.6 Å². The molecule has 0 atom stereocenters. The predicted octanol–water partition coefficient (Wildman–Crippen LogP) is 2.68. The van der Waals surface area contributed by atoms with Gasteiger partial charge in [-0.25, -0.2) is 4.98 Å². The molecule has 4 rings (SSSR count). The summed E-state index contributed by atoms with van der Waals surface area (Å²) in [6.45, 7) is 4.65. The topological polar surface area (TPSA) is 83.9 Å². The third-order valence-corrected chi connectivity index (χ3v) is 5.69. The molecule has 160 valence electrons. The Balaban J connectivity index is 1.53. The Morgan fingerprint density at radius 1 is 1.16 bits per heavy atom. The van der Waals surface area contributed by atoms with Gasteiger partial charge in [0.1, 0.15) is 17.5 Å². The molecule has 3 aromatic heterocycles. The molecule has 31 heavy (non-hydrogen) atoms. The smallest absolute Gasteiger partial charge is 0.264 e. The molecule has 0 saturated heterocycles. The molecule has 3 heterocycles. The maximum Gasteiger partial charge on any atom is 0.264 e. The van der Waals surface area contributed by atoms with E-state index in [4.69, 9.17) is 4.74 Å². The number of aryl methyl sites for hydroxylation is 3. The number of aromatic nitrogens is 5. The highest BCUT2D eigenvalue weighted by atomic mass is 16.5. The van der Waals surface area contributed by atoms with Crippen molar-refractivity contribution >= 4 is 16.8 Å². The fourth-order valence-corrected chi connectivity index (χ4v) is 3.88. The van der Waals surface area contributed by atoms with E-state index in [-0.39, 0.29) is 17.9 Å². The van der Waals surface area contributed by atoms with Gasteiger partial charge in [-0.3, -0.25) is 18.8 Å². The molecule has 0 radical (unpaired) electrons. The summed E-state index contributed by atoms with van der Waals surface area (Å²) in [4.78, 5) is 29.9. The molecule has 0 aliphatic carbocycles. The number of hydrogen-bond acceptors (Lipinski definition) is 5. The number of ketones is 1. The van der Waals surface area contributed by atoms with Crippen LogP contribution in [0.25, 0.3) is 11.0 Å². The molecule has 0 saturated carbocycles. The quantitative estimate of drug-likeness (QED) is 0.430. The van der Waals surface area contributed by atoms with Gasteiger partial charge < -0.3 is 9.30 Å². The summed E-state index contributed by atoms with van der Waals surface area (Å²) in [5, 5.41) is 4.47. The van der Waals surface area contributed by atoms with Gasteiger partial charge >= 0.3 is 0 Å². The van der Waals surface area contributed by atoms with Crippen LogP contribution in [0, 0.1) is 13.8 Å². The van der Waals surface area contributed by atoms with Gasteiger partial charge in [0.15, 0.2) is 11.4 Å². The number of fused-ring (bicyclic) bond motifs is 1. The Labute approximate surface area is 179 Å². The third-order valence-electron chi connectivity index (χ3n) is 5.69. The van der Waals surface area contributed by atoms with Gasteiger partial charge in [0.25, 0.3) is 5.56 Å². The van der Waals surface area contributed by atoms with Gasteiger partial charge in [-0.15, -0.1) is 0 Å². The summed E-state index contributed by atoms with van der Waals surface area (Å²) in [5.74, 6) is 0.718. The molecule has 8 heteroatoms.